The van der Waals surface area contributed by atoms with Gasteiger partial charge in [0.1, 0.15) is 0 Å². The molecule has 0 fully saturated rings. The molecule has 18 heavy (non-hydrogen) atoms. The number of carbonyl (C=O) groups excluding carboxylic acids is 1. The molecule has 0 spiro atoms. The summed E-state index contributed by atoms with van der Waals surface area (Å²) in [5, 5.41) is 0. The molecular formula is C13H16O5. The first-order valence-electron chi connectivity index (χ1n) is 5.87. The van der Waals surface area contributed by atoms with Crippen molar-refractivity contribution >= 4 is 5.97 Å². The molecule has 1 aliphatic heterocycles. The maximum absolute atomic E-state index is 11.4. The van der Waals surface area contributed by atoms with E-state index in [0.717, 1.165) is 11.3 Å². The van der Waals surface area contributed by atoms with Crippen molar-refractivity contribution in [3.63, 3.8) is 0 Å². The fourth-order valence-corrected chi connectivity index (χ4v) is 1.58. The number of hydrogen-bond donors (Lipinski definition) is 0. The molecule has 0 radical (unpaired) electrons. The van der Waals surface area contributed by atoms with Crippen molar-refractivity contribution in [1.82, 2.24) is 0 Å². The lowest BCUT2D eigenvalue weighted by atomic mass is 10.2. The Balaban J connectivity index is 1.88. The molecule has 0 bridgehead atoms. The second kappa shape index (κ2) is 5.73. The van der Waals surface area contributed by atoms with E-state index in [-0.39, 0.29) is 12.8 Å². The number of ether oxygens (including phenoxy) is 4. The number of esters is 1. The van der Waals surface area contributed by atoms with Gasteiger partial charge in [-0.3, -0.25) is 0 Å². The van der Waals surface area contributed by atoms with E-state index in [1.807, 2.05) is 18.2 Å². The van der Waals surface area contributed by atoms with Gasteiger partial charge in [0.05, 0.1) is 13.2 Å². The summed E-state index contributed by atoms with van der Waals surface area (Å²) < 4.78 is 20.8. The van der Waals surface area contributed by atoms with Crippen molar-refractivity contribution in [2.75, 3.05) is 13.4 Å². The van der Waals surface area contributed by atoms with E-state index in [9.17, 15) is 4.79 Å². The molecule has 1 unspecified atom stereocenters. The van der Waals surface area contributed by atoms with Crippen LogP contribution in [0.2, 0.25) is 0 Å². The minimum absolute atomic E-state index is 0.249. The number of hydrogen-bond acceptors (Lipinski definition) is 5. The van der Waals surface area contributed by atoms with Crippen LogP contribution in [0.5, 0.6) is 11.5 Å². The Labute approximate surface area is 106 Å². The zero-order valence-corrected chi connectivity index (χ0v) is 10.5. The Morgan fingerprint density at radius 1 is 1.39 bits per heavy atom. The number of rotatable bonds is 5. The zero-order chi connectivity index (χ0) is 13.0. The van der Waals surface area contributed by atoms with Gasteiger partial charge in [0.15, 0.2) is 17.6 Å². The summed E-state index contributed by atoms with van der Waals surface area (Å²) in [5.41, 5.74) is 0.926. The topological polar surface area (TPSA) is 54.0 Å². The van der Waals surface area contributed by atoms with Gasteiger partial charge in [-0.2, -0.15) is 0 Å². The highest BCUT2D eigenvalue weighted by atomic mass is 16.7. The van der Waals surface area contributed by atoms with Crippen LogP contribution in [0.3, 0.4) is 0 Å². The number of fused-ring (bicyclic) bond motifs is 1. The van der Waals surface area contributed by atoms with Gasteiger partial charge in [-0.05, 0) is 31.5 Å². The Hall–Kier alpha value is -1.75. The van der Waals surface area contributed by atoms with Crippen LogP contribution in [0.4, 0.5) is 0 Å². The van der Waals surface area contributed by atoms with Gasteiger partial charge in [-0.25, -0.2) is 4.79 Å². The molecule has 0 aromatic heterocycles. The van der Waals surface area contributed by atoms with Crippen LogP contribution in [-0.2, 0) is 20.9 Å². The predicted octanol–water partition coefficient (Wildman–Crippen LogP) is 1.88. The fraction of sp³-hybridized carbons (Fsp3) is 0.462. The standard InChI is InChI=1S/C13H16O5/c1-3-15-13(14)9(2)16-7-10-4-5-11-12(6-10)18-8-17-11/h4-6,9H,3,7-8H2,1-2H3. The SMILES string of the molecule is CCOC(=O)C(C)OCc1ccc2c(c1)OCO2. The molecule has 0 aliphatic carbocycles. The van der Waals surface area contributed by atoms with E-state index >= 15 is 0 Å². The minimum Gasteiger partial charge on any atom is -0.464 e. The fourth-order valence-electron chi connectivity index (χ4n) is 1.58. The zero-order valence-electron chi connectivity index (χ0n) is 10.5. The van der Waals surface area contributed by atoms with E-state index in [2.05, 4.69) is 0 Å². The average molecular weight is 252 g/mol. The largest absolute Gasteiger partial charge is 0.464 e. The highest BCUT2D eigenvalue weighted by Crippen LogP contribution is 2.32. The summed E-state index contributed by atoms with van der Waals surface area (Å²) in [5.74, 6) is 1.09. The number of carbonyl (C=O) groups is 1. The van der Waals surface area contributed by atoms with Crippen LogP contribution >= 0.6 is 0 Å². The molecule has 1 aromatic rings. The Kier molecular flexibility index (Phi) is 4.04. The second-order valence-corrected chi connectivity index (χ2v) is 3.89. The van der Waals surface area contributed by atoms with E-state index in [1.54, 1.807) is 13.8 Å². The monoisotopic (exact) mass is 252 g/mol. The van der Waals surface area contributed by atoms with Crippen molar-refractivity contribution in [3.05, 3.63) is 23.8 Å². The Morgan fingerprint density at radius 2 is 2.17 bits per heavy atom. The molecule has 1 aromatic carbocycles. The molecule has 1 aliphatic rings. The molecule has 2 rings (SSSR count). The van der Waals surface area contributed by atoms with Gasteiger partial charge in [-0.1, -0.05) is 6.07 Å². The van der Waals surface area contributed by atoms with Crippen molar-refractivity contribution in [2.45, 2.75) is 26.6 Å². The molecule has 5 heteroatoms. The molecule has 5 nitrogen and oxygen atoms in total. The lowest BCUT2D eigenvalue weighted by molar-refractivity contribution is -0.156. The van der Waals surface area contributed by atoms with Crippen LogP contribution in [0.1, 0.15) is 19.4 Å². The summed E-state index contributed by atoms with van der Waals surface area (Å²) in [6.45, 7) is 4.37. The van der Waals surface area contributed by atoms with E-state index in [0.29, 0.717) is 19.0 Å². The summed E-state index contributed by atoms with van der Waals surface area (Å²) in [6.07, 6.45) is -0.574. The van der Waals surface area contributed by atoms with Crippen LogP contribution in [0.25, 0.3) is 0 Å². The first kappa shape index (κ1) is 12.7. The maximum Gasteiger partial charge on any atom is 0.334 e. The van der Waals surface area contributed by atoms with Crippen molar-refractivity contribution in [1.29, 1.82) is 0 Å². The average Bonchev–Trinajstić information content (AvgIpc) is 2.83. The third-order valence-corrected chi connectivity index (χ3v) is 2.56. The molecule has 1 heterocycles. The Morgan fingerprint density at radius 3 is 2.94 bits per heavy atom. The number of benzene rings is 1. The van der Waals surface area contributed by atoms with Gasteiger partial charge < -0.3 is 18.9 Å². The minimum atomic E-state index is -0.574. The lowest BCUT2D eigenvalue weighted by Crippen LogP contribution is -2.23. The molecular weight excluding hydrogens is 236 g/mol. The molecule has 0 saturated carbocycles. The van der Waals surface area contributed by atoms with Crippen molar-refractivity contribution < 1.29 is 23.7 Å². The van der Waals surface area contributed by atoms with Gasteiger partial charge in [0.25, 0.3) is 0 Å². The molecule has 0 N–H and O–H groups in total. The molecule has 1 atom stereocenters. The highest BCUT2D eigenvalue weighted by Gasteiger charge is 2.16. The smallest absolute Gasteiger partial charge is 0.334 e. The van der Waals surface area contributed by atoms with Gasteiger partial charge in [0.2, 0.25) is 6.79 Å². The first-order valence-corrected chi connectivity index (χ1v) is 5.87. The van der Waals surface area contributed by atoms with Gasteiger partial charge in [0, 0.05) is 0 Å². The van der Waals surface area contributed by atoms with E-state index < -0.39 is 6.10 Å². The van der Waals surface area contributed by atoms with Crippen molar-refractivity contribution in [2.24, 2.45) is 0 Å². The second-order valence-electron chi connectivity index (χ2n) is 3.89. The summed E-state index contributed by atoms with van der Waals surface area (Å²) in [7, 11) is 0. The lowest BCUT2D eigenvalue weighted by Gasteiger charge is -2.12. The third-order valence-electron chi connectivity index (χ3n) is 2.56. The first-order chi connectivity index (χ1) is 8.70. The third kappa shape index (κ3) is 2.92. The summed E-state index contributed by atoms with van der Waals surface area (Å²) in [6, 6.07) is 5.56. The van der Waals surface area contributed by atoms with Crippen LogP contribution in [-0.4, -0.2) is 25.5 Å². The van der Waals surface area contributed by atoms with Gasteiger partial charge in [-0.15, -0.1) is 0 Å². The van der Waals surface area contributed by atoms with Gasteiger partial charge >= 0.3 is 5.97 Å². The highest BCUT2D eigenvalue weighted by molar-refractivity contribution is 5.74. The summed E-state index contributed by atoms with van der Waals surface area (Å²) >= 11 is 0. The van der Waals surface area contributed by atoms with Crippen molar-refractivity contribution in [3.8, 4) is 11.5 Å². The normalized spacial score (nSPS) is 14.3. The molecule has 98 valence electrons. The molecule has 0 amide bonds. The maximum atomic E-state index is 11.4. The quantitative estimate of drug-likeness (QED) is 0.749. The van der Waals surface area contributed by atoms with E-state index in [4.69, 9.17) is 18.9 Å². The van der Waals surface area contributed by atoms with Crippen LogP contribution in [0, 0.1) is 0 Å². The Bertz CT molecular complexity index is 429. The predicted molar refractivity (Wildman–Crippen MR) is 63.4 cm³/mol. The van der Waals surface area contributed by atoms with E-state index in [1.165, 1.54) is 0 Å². The van der Waals surface area contributed by atoms with Crippen LogP contribution in [0.15, 0.2) is 18.2 Å². The van der Waals surface area contributed by atoms with Crippen LogP contribution < -0.4 is 9.47 Å². The molecule has 0 saturated heterocycles. The summed E-state index contributed by atoms with van der Waals surface area (Å²) in [4.78, 5) is 11.4.